The van der Waals surface area contributed by atoms with Crippen molar-refractivity contribution in [2.24, 2.45) is 0 Å². The van der Waals surface area contributed by atoms with Crippen molar-refractivity contribution in [3.05, 3.63) is 29.8 Å². The molecule has 22 heavy (non-hydrogen) atoms. The van der Waals surface area contributed by atoms with Crippen LogP contribution in [0.25, 0.3) is 0 Å². The molecule has 3 rings (SSSR count). The molecule has 2 heterocycles. The van der Waals surface area contributed by atoms with E-state index in [1.54, 1.807) is 11.9 Å². The molecule has 118 valence electrons. The zero-order valence-corrected chi connectivity index (χ0v) is 13.0. The molecule has 0 bridgehead atoms. The number of nitrogens with zero attached hydrogens (tertiary/aromatic N) is 2. The van der Waals surface area contributed by atoms with E-state index >= 15 is 0 Å². The van der Waals surface area contributed by atoms with E-state index in [2.05, 4.69) is 17.4 Å². The van der Waals surface area contributed by atoms with Gasteiger partial charge in [0.05, 0.1) is 6.54 Å². The summed E-state index contributed by atoms with van der Waals surface area (Å²) in [6, 6.07) is 8.61. The molecule has 0 aliphatic carbocycles. The monoisotopic (exact) mass is 301 g/mol. The lowest BCUT2D eigenvalue weighted by Crippen LogP contribution is -2.52. The maximum atomic E-state index is 12.1. The van der Waals surface area contributed by atoms with Gasteiger partial charge in [-0.05, 0) is 43.5 Å². The van der Waals surface area contributed by atoms with Gasteiger partial charge in [0.1, 0.15) is 6.54 Å². The summed E-state index contributed by atoms with van der Waals surface area (Å²) in [4.78, 5) is 26.9. The highest BCUT2D eigenvalue weighted by atomic mass is 16.2. The van der Waals surface area contributed by atoms with Crippen LogP contribution < -0.4 is 10.2 Å². The average molecular weight is 301 g/mol. The first-order chi connectivity index (χ1) is 10.6. The quantitative estimate of drug-likeness (QED) is 0.912. The highest BCUT2D eigenvalue weighted by Gasteiger charge is 2.28. The van der Waals surface area contributed by atoms with Crippen LogP contribution >= 0.6 is 0 Å². The van der Waals surface area contributed by atoms with Gasteiger partial charge in [-0.25, -0.2) is 0 Å². The van der Waals surface area contributed by atoms with Gasteiger partial charge in [-0.2, -0.15) is 0 Å². The summed E-state index contributed by atoms with van der Waals surface area (Å²) in [7, 11) is 1.66. The molecular formula is C17H23N3O2. The third kappa shape index (κ3) is 3.30. The first kappa shape index (κ1) is 15.0. The molecule has 5 heteroatoms. The van der Waals surface area contributed by atoms with Crippen molar-refractivity contribution in [1.82, 2.24) is 10.2 Å². The first-order valence-corrected chi connectivity index (χ1v) is 8.00. The van der Waals surface area contributed by atoms with E-state index in [0.717, 1.165) is 18.7 Å². The lowest BCUT2D eigenvalue weighted by Gasteiger charge is -2.31. The lowest BCUT2D eigenvalue weighted by atomic mass is 9.97. The van der Waals surface area contributed by atoms with Crippen molar-refractivity contribution in [1.29, 1.82) is 0 Å². The molecule has 1 atom stereocenters. The number of amides is 2. The summed E-state index contributed by atoms with van der Waals surface area (Å²) < 4.78 is 0. The second-order valence-electron chi connectivity index (χ2n) is 6.25. The zero-order valence-electron chi connectivity index (χ0n) is 13.0. The van der Waals surface area contributed by atoms with Crippen LogP contribution in [-0.2, 0) is 16.0 Å². The van der Waals surface area contributed by atoms with Crippen LogP contribution in [0.3, 0.4) is 0 Å². The molecule has 5 nitrogen and oxygen atoms in total. The van der Waals surface area contributed by atoms with Crippen LogP contribution in [0.2, 0.25) is 0 Å². The molecule has 2 aliphatic heterocycles. The van der Waals surface area contributed by atoms with E-state index in [9.17, 15) is 9.59 Å². The van der Waals surface area contributed by atoms with Gasteiger partial charge in [-0.3, -0.25) is 9.59 Å². The number of hydrogen-bond acceptors (Lipinski definition) is 3. The Kier molecular flexibility index (Phi) is 4.43. The predicted octanol–water partition coefficient (Wildman–Crippen LogP) is 1.18. The van der Waals surface area contributed by atoms with Crippen LogP contribution in [0, 0.1) is 0 Å². The molecule has 0 radical (unpaired) electrons. The van der Waals surface area contributed by atoms with E-state index < -0.39 is 0 Å². The molecule has 2 aliphatic rings. The van der Waals surface area contributed by atoms with Crippen molar-refractivity contribution >= 4 is 17.5 Å². The number of carbonyl (C=O) groups is 2. The summed E-state index contributed by atoms with van der Waals surface area (Å²) >= 11 is 0. The van der Waals surface area contributed by atoms with Crippen molar-refractivity contribution < 1.29 is 9.59 Å². The van der Waals surface area contributed by atoms with Crippen molar-refractivity contribution in [3.8, 4) is 0 Å². The Morgan fingerprint density at radius 1 is 1.09 bits per heavy atom. The summed E-state index contributed by atoms with van der Waals surface area (Å²) in [5.41, 5.74) is 2.09. The molecule has 1 unspecified atom stereocenters. The number of anilines is 1. The predicted molar refractivity (Wildman–Crippen MR) is 85.8 cm³/mol. The number of piperazine rings is 1. The van der Waals surface area contributed by atoms with Crippen molar-refractivity contribution in [2.75, 3.05) is 31.6 Å². The largest absolute Gasteiger partial charge is 0.335 e. The van der Waals surface area contributed by atoms with E-state index in [0.29, 0.717) is 6.04 Å². The summed E-state index contributed by atoms with van der Waals surface area (Å²) in [6.07, 6.45) is 4.83. The third-order valence-corrected chi connectivity index (χ3v) is 4.54. The molecule has 1 aromatic rings. The lowest BCUT2D eigenvalue weighted by molar-refractivity contribution is -0.136. The standard InChI is InChI=1S/C17H23N3O2/c1-19-11-17(22)20(12-16(19)21)15-7-5-13(6-8-15)10-14-4-2-3-9-18-14/h5-8,14,18H,2-4,9-12H2,1H3. The summed E-state index contributed by atoms with van der Waals surface area (Å²) in [5.74, 6) is -0.0427. The Bertz CT molecular complexity index is 550. The topological polar surface area (TPSA) is 52.7 Å². The fraction of sp³-hybridized carbons (Fsp3) is 0.529. The van der Waals surface area contributed by atoms with Crippen molar-refractivity contribution in [3.63, 3.8) is 0 Å². The fourth-order valence-electron chi connectivity index (χ4n) is 3.15. The number of carbonyl (C=O) groups excluding carboxylic acids is 2. The third-order valence-electron chi connectivity index (χ3n) is 4.54. The normalized spacial score (nSPS) is 23.0. The van der Waals surface area contributed by atoms with Gasteiger partial charge in [0.25, 0.3) is 0 Å². The van der Waals surface area contributed by atoms with Gasteiger partial charge >= 0.3 is 0 Å². The molecule has 1 N–H and O–H groups in total. The number of rotatable bonds is 3. The highest BCUT2D eigenvalue weighted by molar-refractivity contribution is 6.04. The van der Waals surface area contributed by atoms with Gasteiger partial charge in [0.2, 0.25) is 11.8 Å². The molecule has 1 aromatic carbocycles. The number of hydrogen-bond donors (Lipinski definition) is 1. The number of benzene rings is 1. The molecular weight excluding hydrogens is 278 g/mol. The maximum Gasteiger partial charge on any atom is 0.247 e. The summed E-state index contributed by atoms with van der Waals surface area (Å²) in [6.45, 7) is 1.41. The Balaban J connectivity index is 1.65. The van der Waals surface area contributed by atoms with Gasteiger partial charge in [-0.1, -0.05) is 18.6 Å². The minimum absolute atomic E-state index is 0.0184. The smallest absolute Gasteiger partial charge is 0.247 e. The average Bonchev–Trinajstić information content (AvgIpc) is 2.53. The van der Waals surface area contributed by atoms with Crippen molar-refractivity contribution in [2.45, 2.75) is 31.7 Å². The van der Waals surface area contributed by atoms with Crippen LogP contribution in [0.1, 0.15) is 24.8 Å². The molecule has 2 saturated heterocycles. The number of nitrogens with one attached hydrogen (secondary N) is 1. The Labute approximate surface area is 131 Å². The van der Waals surface area contributed by atoms with Crippen LogP contribution in [0.15, 0.2) is 24.3 Å². The molecule has 2 amide bonds. The minimum Gasteiger partial charge on any atom is -0.335 e. The molecule has 0 aromatic heterocycles. The Morgan fingerprint density at radius 2 is 1.86 bits per heavy atom. The molecule has 0 saturated carbocycles. The summed E-state index contributed by atoms with van der Waals surface area (Å²) in [5, 5.41) is 3.55. The highest BCUT2D eigenvalue weighted by Crippen LogP contribution is 2.20. The van der Waals surface area contributed by atoms with Crippen LogP contribution in [0.5, 0.6) is 0 Å². The first-order valence-electron chi connectivity index (χ1n) is 8.00. The van der Waals surface area contributed by atoms with E-state index in [1.807, 2.05) is 12.1 Å². The van der Waals surface area contributed by atoms with E-state index in [4.69, 9.17) is 0 Å². The minimum atomic E-state index is -0.0243. The number of likely N-dealkylation sites (N-methyl/N-ethyl adjacent to an activating group) is 1. The second-order valence-corrected chi connectivity index (χ2v) is 6.25. The maximum absolute atomic E-state index is 12.1. The van der Waals surface area contributed by atoms with Gasteiger partial charge < -0.3 is 15.1 Å². The van der Waals surface area contributed by atoms with E-state index in [1.165, 1.54) is 29.7 Å². The molecule has 2 fully saturated rings. The Morgan fingerprint density at radius 3 is 2.55 bits per heavy atom. The number of piperidine rings is 1. The van der Waals surface area contributed by atoms with Crippen LogP contribution in [-0.4, -0.2) is 49.4 Å². The van der Waals surface area contributed by atoms with Crippen LogP contribution in [0.4, 0.5) is 5.69 Å². The van der Waals surface area contributed by atoms with Gasteiger partial charge in [0.15, 0.2) is 0 Å². The van der Waals surface area contributed by atoms with Gasteiger partial charge in [0, 0.05) is 18.8 Å². The fourth-order valence-corrected chi connectivity index (χ4v) is 3.15. The SMILES string of the molecule is CN1CC(=O)N(c2ccc(CC3CCCCN3)cc2)CC1=O. The zero-order chi connectivity index (χ0) is 15.5. The Hall–Kier alpha value is -1.88. The molecule has 0 spiro atoms. The second kappa shape index (κ2) is 6.48. The van der Waals surface area contributed by atoms with Gasteiger partial charge in [-0.15, -0.1) is 0 Å². The van der Waals surface area contributed by atoms with E-state index in [-0.39, 0.29) is 24.9 Å².